The SMILES string of the molecule is C.CCCCCCCCCCCCCCCCCCN(C)C.CCCCCCCCCCCCCCCCCCN(C)C.O=C(O)c1ccc(Cn2c3ccccc3c(=O)c3cc4[nH]c5ccccc5c(=O)c4cc32)cc1.O=C(O)c1ccc(Cn2c3ccccc3c(=O)c3cc4[nH]c5ccccc5c(=O)c4cc32)cc1. The summed E-state index contributed by atoms with van der Waals surface area (Å²) in [6.45, 7) is 7.94. The molecule has 0 aliphatic carbocycles. The Morgan fingerprint density at radius 2 is 0.559 bits per heavy atom. The van der Waals surface area contributed by atoms with E-state index in [1.807, 2.05) is 81.9 Å². The number of aromatic nitrogens is 4. The van der Waals surface area contributed by atoms with Gasteiger partial charge in [-0.15, -0.1) is 0 Å². The molecule has 12 aromatic rings. The average molecular weight is 1500 g/mol. The number of fused-ring (bicyclic) bond motifs is 8. The summed E-state index contributed by atoms with van der Waals surface area (Å²) < 4.78 is 4.02. The van der Waals surface area contributed by atoms with Crippen LogP contribution in [0.1, 0.15) is 259 Å². The van der Waals surface area contributed by atoms with Gasteiger partial charge >= 0.3 is 11.9 Å². The smallest absolute Gasteiger partial charge is 0.335 e. The molecule has 0 amide bonds. The van der Waals surface area contributed by atoms with Gasteiger partial charge in [0, 0.05) is 67.2 Å². The Hall–Kier alpha value is -9.50. The van der Waals surface area contributed by atoms with Crippen LogP contribution in [0.25, 0.3) is 87.2 Å². The minimum absolute atomic E-state index is 0. The number of para-hydroxylation sites is 4. The minimum Gasteiger partial charge on any atom is -0.478 e. The van der Waals surface area contributed by atoms with E-state index < -0.39 is 11.9 Å². The summed E-state index contributed by atoms with van der Waals surface area (Å²) in [5, 5.41) is 22.8. The number of hydrogen-bond acceptors (Lipinski definition) is 8. The largest absolute Gasteiger partial charge is 0.478 e. The molecule has 592 valence electrons. The molecule has 4 aromatic heterocycles. The van der Waals surface area contributed by atoms with Crippen molar-refractivity contribution in [2.75, 3.05) is 41.3 Å². The van der Waals surface area contributed by atoms with Gasteiger partial charge in [-0.05, 0) is 162 Å². The number of unbranched alkanes of at least 4 members (excludes halogenated alkanes) is 30. The molecule has 4 heterocycles. The molecule has 4 N–H and O–H groups in total. The Labute approximate surface area is 658 Å². The van der Waals surface area contributed by atoms with Crippen LogP contribution in [0, 0.1) is 0 Å². The van der Waals surface area contributed by atoms with Crippen LogP contribution in [0.15, 0.2) is 189 Å². The van der Waals surface area contributed by atoms with E-state index in [2.05, 4.69) is 61.8 Å². The van der Waals surface area contributed by atoms with E-state index in [9.17, 15) is 39.0 Å². The second kappa shape index (κ2) is 46.4. The molecule has 12 rings (SSSR count). The number of aromatic amines is 2. The Bertz CT molecular complexity index is 4820. The molecule has 0 spiro atoms. The maximum atomic E-state index is 13.4. The molecule has 0 aliphatic rings. The Morgan fingerprint density at radius 1 is 0.297 bits per heavy atom. The first kappa shape index (κ1) is 87.1. The van der Waals surface area contributed by atoms with Gasteiger partial charge < -0.3 is 39.1 Å². The lowest BCUT2D eigenvalue weighted by atomic mass is 10.0. The van der Waals surface area contributed by atoms with E-state index >= 15 is 0 Å². The van der Waals surface area contributed by atoms with Crippen molar-refractivity contribution in [3.8, 4) is 0 Å². The Kier molecular flexibility index (Phi) is 36.4. The molecule has 0 unspecified atom stereocenters. The highest BCUT2D eigenvalue weighted by Crippen LogP contribution is 2.29. The monoisotopic (exact) mass is 1500 g/mol. The van der Waals surface area contributed by atoms with Crippen molar-refractivity contribution in [1.82, 2.24) is 28.9 Å². The highest BCUT2D eigenvalue weighted by Gasteiger charge is 2.18. The summed E-state index contributed by atoms with van der Waals surface area (Å²) in [6, 6.07) is 49.9. The lowest BCUT2D eigenvalue weighted by molar-refractivity contribution is 0.0686. The number of hydrogen-bond donors (Lipinski definition) is 4. The Morgan fingerprint density at radius 3 is 0.847 bits per heavy atom. The van der Waals surface area contributed by atoms with Crippen LogP contribution in [0.5, 0.6) is 0 Å². The molecule has 0 bridgehead atoms. The van der Waals surface area contributed by atoms with Gasteiger partial charge in [0.25, 0.3) is 0 Å². The second-order valence-electron chi connectivity index (χ2n) is 30.9. The third kappa shape index (κ3) is 25.8. The summed E-state index contributed by atoms with van der Waals surface area (Å²) >= 11 is 0. The molecule has 0 fully saturated rings. The summed E-state index contributed by atoms with van der Waals surface area (Å²) in [6.07, 6.45) is 46.6. The number of carboxylic acid groups (broad SMARTS) is 2. The molecule has 14 nitrogen and oxygen atoms in total. The zero-order chi connectivity index (χ0) is 78.0. The maximum Gasteiger partial charge on any atom is 0.335 e. The molecular formula is C97H126N6O8. The minimum atomic E-state index is -0.983. The maximum absolute atomic E-state index is 13.4. The standard InChI is InChI=1S/2C28H18N2O4.2C20H43N.CH4/c2*31-26-18-5-1-3-7-22(18)29-23-13-21-25(14-20(23)26)30(24-8-4-2-6-19(24)27(21)32)15-16-9-11-17(12-10-16)28(33)34;2*1-4-5-6-7-8-9-10-11-12-13-14-15-16-17-18-19-20-21(2)3;/h2*1-14H,15H2,(H,29,31)(H,33,34);2*4-20H2,1-3H3;1H4. The van der Waals surface area contributed by atoms with Gasteiger partial charge in [-0.2, -0.15) is 0 Å². The molecular weight excluding hydrogens is 1380 g/mol. The molecule has 0 atom stereocenters. The summed E-state index contributed by atoms with van der Waals surface area (Å²) in [4.78, 5) is 87.1. The van der Waals surface area contributed by atoms with Crippen LogP contribution >= 0.6 is 0 Å². The predicted molar refractivity (Wildman–Crippen MR) is 471 cm³/mol. The number of pyridine rings is 4. The molecule has 8 aromatic carbocycles. The highest BCUT2D eigenvalue weighted by atomic mass is 16.4. The fraction of sp³-hybridized carbons (Fsp3) is 0.443. The van der Waals surface area contributed by atoms with Crippen LogP contribution in [0.3, 0.4) is 0 Å². The highest BCUT2D eigenvalue weighted by molar-refractivity contribution is 6.05. The van der Waals surface area contributed by atoms with E-state index in [1.165, 1.54) is 219 Å². The van der Waals surface area contributed by atoms with E-state index in [1.54, 1.807) is 97.1 Å². The number of H-pyrrole nitrogens is 2. The first-order valence-corrected chi connectivity index (χ1v) is 41.5. The van der Waals surface area contributed by atoms with Crippen molar-refractivity contribution in [3.63, 3.8) is 0 Å². The van der Waals surface area contributed by atoms with Gasteiger partial charge in [0.1, 0.15) is 0 Å². The van der Waals surface area contributed by atoms with Gasteiger partial charge in [-0.25, -0.2) is 9.59 Å². The van der Waals surface area contributed by atoms with Crippen LogP contribution in [0.2, 0.25) is 0 Å². The first-order valence-electron chi connectivity index (χ1n) is 41.5. The number of aromatic carboxylic acids is 2. The van der Waals surface area contributed by atoms with Gasteiger partial charge in [0.05, 0.1) is 44.2 Å². The zero-order valence-electron chi connectivity index (χ0n) is 66.8. The number of nitrogens with one attached hydrogen (secondary N) is 2. The third-order valence-corrected chi connectivity index (χ3v) is 21.6. The second-order valence-corrected chi connectivity index (χ2v) is 30.9. The molecule has 111 heavy (non-hydrogen) atoms. The number of rotatable bonds is 40. The first-order chi connectivity index (χ1) is 53.6. The van der Waals surface area contributed by atoms with Gasteiger partial charge in [-0.1, -0.05) is 287 Å². The molecule has 0 aliphatic heterocycles. The predicted octanol–water partition coefficient (Wildman–Crippen LogP) is 24.0. The molecule has 14 heteroatoms. The van der Waals surface area contributed by atoms with Crippen molar-refractivity contribution in [2.45, 2.75) is 240 Å². The number of benzene rings is 8. The van der Waals surface area contributed by atoms with Crippen molar-refractivity contribution in [2.24, 2.45) is 0 Å². The molecule has 0 saturated carbocycles. The summed E-state index contributed by atoms with van der Waals surface area (Å²) in [5.74, 6) is -1.97. The van der Waals surface area contributed by atoms with Crippen LogP contribution < -0.4 is 21.7 Å². The topological polar surface area (TPSA) is 191 Å². The van der Waals surface area contributed by atoms with E-state index in [-0.39, 0.29) is 40.3 Å². The molecule has 0 saturated heterocycles. The van der Waals surface area contributed by atoms with E-state index in [4.69, 9.17) is 0 Å². The average Bonchev–Trinajstić information content (AvgIpc) is 0.740. The van der Waals surface area contributed by atoms with Crippen molar-refractivity contribution in [1.29, 1.82) is 0 Å². The summed E-state index contributed by atoms with van der Waals surface area (Å²) in [5.41, 5.74) is 7.27. The van der Waals surface area contributed by atoms with Crippen molar-refractivity contribution in [3.05, 3.63) is 233 Å². The van der Waals surface area contributed by atoms with Crippen molar-refractivity contribution >= 4 is 99.2 Å². The van der Waals surface area contributed by atoms with E-state index in [0.29, 0.717) is 78.2 Å². The van der Waals surface area contributed by atoms with Crippen molar-refractivity contribution < 1.29 is 19.8 Å². The van der Waals surface area contributed by atoms with Crippen LogP contribution in [0.4, 0.5) is 0 Å². The van der Waals surface area contributed by atoms with Gasteiger partial charge in [-0.3, -0.25) is 19.2 Å². The quantitative estimate of drug-likeness (QED) is 0.0212. The Balaban J connectivity index is 0.000000191. The summed E-state index contributed by atoms with van der Waals surface area (Å²) in [7, 11) is 8.69. The third-order valence-electron chi connectivity index (χ3n) is 21.6. The number of carbonyl (C=O) groups is 2. The van der Waals surface area contributed by atoms with Gasteiger partial charge in [0.2, 0.25) is 0 Å². The molecule has 0 radical (unpaired) electrons. The normalized spacial score (nSPS) is 11.4. The lowest BCUT2D eigenvalue weighted by Gasteiger charge is -2.16. The lowest BCUT2D eigenvalue weighted by Crippen LogP contribution is -2.14. The van der Waals surface area contributed by atoms with E-state index in [0.717, 1.165) is 33.2 Å². The zero-order valence-corrected chi connectivity index (χ0v) is 66.8. The van der Waals surface area contributed by atoms with Crippen LogP contribution in [-0.2, 0) is 13.1 Å². The fourth-order valence-corrected chi connectivity index (χ4v) is 15.2. The number of carboxylic acids is 2. The fourth-order valence-electron chi connectivity index (χ4n) is 15.2. The number of nitrogens with zero attached hydrogens (tertiary/aromatic N) is 4. The van der Waals surface area contributed by atoms with Gasteiger partial charge in [0.15, 0.2) is 21.7 Å². The van der Waals surface area contributed by atoms with Crippen LogP contribution in [-0.4, -0.2) is 92.3 Å².